The summed E-state index contributed by atoms with van der Waals surface area (Å²) in [5.74, 6) is -1.12. The Morgan fingerprint density at radius 3 is 2.75 bits per heavy atom. The topological polar surface area (TPSA) is 93.9 Å². The summed E-state index contributed by atoms with van der Waals surface area (Å²) in [7, 11) is -1.56. The second-order valence-electron chi connectivity index (χ2n) is 5.79. The van der Waals surface area contributed by atoms with E-state index < -0.39 is 28.3 Å². The van der Waals surface area contributed by atoms with Crippen molar-refractivity contribution in [3.63, 3.8) is 0 Å². The fraction of sp³-hybridized carbons (Fsp3) is 0.375. The van der Waals surface area contributed by atoms with E-state index in [0.717, 1.165) is 5.39 Å². The highest BCUT2D eigenvalue weighted by atomic mass is 32.2. The van der Waals surface area contributed by atoms with Crippen LogP contribution < -0.4 is 0 Å². The van der Waals surface area contributed by atoms with E-state index in [1.807, 2.05) is 6.07 Å². The molecule has 1 amide bonds. The lowest BCUT2D eigenvalue weighted by Gasteiger charge is -2.22. The van der Waals surface area contributed by atoms with E-state index in [9.17, 15) is 18.0 Å². The number of fused-ring (bicyclic) bond motifs is 1. The highest BCUT2D eigenvalue weighted by Crippen LogP contribution is 2.20. The third-order valence-electron chi connectivity index (χ3n) is 4.10. The molecule has 8 heteroatoms. The summed E-state index contributed by atoms with van der Waals surface area (Å²) in [5.41, 5.74) is 0.559. The van der Waals surface area contributed by atoms with Crippen LogP contribution in [0.4, 0.5) is 0 Å². The van der Waals surface area contributed by atoms with Crippen LogP contribution in [0.3, 0.4) is 0 Å². The van der Waals surface area contributed by atoms with Crippen LogP contribution in [-0.2, 0) is 19.4 Å². The van der Waals surface area contributed by atoms with Gasteiger partial charge in [0.15, 0.2) is 16.4 Å². The smallest absolute Gasteiger partial charge is 0.374 e. The molecule has 1 aromatic heterocycles. The van der Waals surface area contributed by atoms with Gasteiger partial charge in [-0.15, -0.1) is 0 Å². The van der Waals surface area contributed by atoms with E-state index in [-0.39, 0.29) is 23.3 Å². The van der Waals surface area contributed by atoms with Gasteiger partial charge in [-0.3, -0.25) is 4.79 Å². The third-order valence-corrected chi connectivity index (χ3v) is 5.85. The SMILES string of the molecule is CN(C(=O)COC(=O)c1cc2ccccc2o1)[C@H]1CCS(=O)(=O)C1. The lowest BCUT2D eigenvalue weighted by Crippen LogP contribution is -2.40. The van der Waals surface area contributed by atoms with Crippen molar-refractivity contribution in [3.8, 4) is 0 Å². The molecule has 0 saturated carbocycles. The van der Waals surface area contributed by atoms with Gasteiger partial charge in [-0.25, -0.2) is 13.2 Å². The maximum absolute atomic E-state index is 12.1. The van der Waals surface area contributed by atoms with Crippen molar-refractivity contribution in [1.29, 1.82) is 0 Å². The quantitative estimate of drug-likeness (QED) is 0.769. The normalized spacial score (nSPS) is 19.3. The van der Waals surface area contributed by atoms with Crippen LogP contribution in [0.15, 0.2) is 34.7 Å². The molecule has 1 saturated heterocycles. The molecule has 3 rings (SSSR count). The molecule has 1 fully saturated rings. The average molecular weight is 351 g/mol. The van der Waals surface area contributed by atoms with Crippen molar-refractivity contribution in [1.82, 2.24) is 4.90 Å². The summed E-state index contributed by atoms with van der Waals surface area (Å²) >= 11 is 0. The summed E-state index contributed by atoms with van der Waals surface area (Å²) in [4.78, 5) is 25.4. The van der Waals surface area contributed by atoms with Crippen molar-refractivity contribution in [3.05, 3.63) is 36.1 Å². The Bertz CT molecular complexity index is 852. The third kappa shape index (κ3) is 3.43. The van der Waals surface area contributed by atoms with Crippen LogP contribution in [-0.4, -0.2) is 56.4 Å². The Morgan fingerprint density at radius 1 is 1.33 bits per heavy atom. The van der Waals surface area contributed by atoms with E-state index in [2.05, 4.69) is 0 Å². The largest absolute Gasteiger partial charge is 0.450 e. The van der Waals surface area contributed by atoms with E-state index in [0.29, 0.717) is 12.0 Å². The molecule has 7 nitrogen and oxygen atoms in total. The number of carbonyl (C=O) groups excluding carboxylic acids is 2. The Hall–Kier alpha value is -2.35. The maximum atomic E-state index is 12.1. The second kappa shape index (κ2) is 6.27. The number of likely N-dealkylation sites (N-methyl/N-ethyl adjacent to an activating group) is 1. The molecule has 0 aliphatic carbocycles. The van der Waals surface area contributed by atoms with E-state index >= 15 is 0 Å². The predicted molar refractivity (Wildman–Crippen MR) is 86.3 cm³/mol. The molecular weight excluding hydrogens is 334 g/mol. The molecule has 1 aliphatic rings. The first-order valence-corrected chi connectivity index (χ1v) is 9.30. The van der Waals surface area contributed by atoms with Crippen molar-refractivity contribution in [2.45, 2.75) is 12.5 Å². The zero-order chi connectivity index (χ0) is 17.3. The zero-order valence-electron chi connectivity index (χ0n) is 13.1. The van der Waals surface area contributed by atoms with Crippen LogP contribution in [0.1, 0.15) is 17.0 Å². The first-order valence-electron chi connectivity index (χ1n) is 7.47. The van der Waals surface area contributed by atoms with Gasteiger partial charge in [-0.05, 0) is 18.6 Å². The monoisotopic (exact) mass is 351 g/mol. The first kappa shape index (κ1) is 16.5. The molecule has 24 heavy (non-hydrogen) atoms. The molecule has 0 spiro atoms. The van der Waals surface area contributed by atoms with Crippen LogP contribution in [0, 0.1) is 0 Å². The molecule has 1 aromatic carbocycles. The van der Waals surface area contributed by atoms with E-state index in [4.69, 9.17) is 9.15 Å². The molecule has 0 radical (unpaired) electrons. The number of hydrogen-bond acceptors (Lipinski definition) is 6. The van der Waals surface area contributed by atoms with Crippen LogP contribution in [0.2, 0.25) is 0 Å². The Morgan fingerprint density at radius 2 is 2.08 bits per heavy atom. The standard InChI is InChI=1S/C16H17NO6S/c1-17(12-6-7-24(20,21)10-12)15(18)9-22-16(19)14-8-11-4-2-3-5-13(11)23-14/h2-5,8,12H,6-7,9-10H2,1H3/t12-/m0/s1. The fourth-order valence-corrected chi connectivity index (χ4v) is 4.44. The molecule has 128 valence electrons. The number of sulfone groups is 1. The van der Waals surface area contributed by atoms with Gasteiger partial charge in [0.05, 0.1) is 11.5 Å². The van der Waals surface area contributed by atoms with Crippen LogP contribution in [0.5, 0.6) is 0 Å². The van der Waals surface area contributed by atoms with Crippen molar-refractivity contribution < 1.29 is 27.2 Å². The summed E-state index contributed by atoms with van der Waals surface area (Å²) in [6, 6.07) is 8.32. The Labute approximate surface area is 139 Å². The fourth-order valence-electron chi connectivity index (χ4n) is 2.67. The highest BCUT2D eigenvalue weighted by molar-refractivity contribution is 7.91. The molecule has 0 N–H and O–H groups in total. The Balaban J connectivity index is 1.58. The number of para-hydroxylation sites is 1. The average Bonchev–Trinajstić information content (AvgIpc) is 3.14. The summed E-state index contributed by atoms with van der Waals surface area (Å²) in [5, 5.41) is 0.768. The number of benzene rings is 1. The van der Waals surface area contributed by atoms with Crippen molar-refractivity contribution in [2.24, 2.45) is 0 Å². The molecule has 2 heterocycles. The number of nitrogens with zero attached hydrogens (tertiary/aromatic N) is 1. The molecule has 2 aromatic rings. The van der Waals surface area contributed by atoms with Gasteiger partial charge < -0.3 is 14.1 Å². The minimum atomic E-state index is -3.08. The molecule has 0 bridgehead atoms. The Kier molecular flexibility index (Phi) is 4.31. The summed E-state index contributed by atoms with van der Waals surface area (Å²) in [6.07, 6.45) is 0.405. The van der Waals surface area contributed by atoms with Gasteiger partial charge >= 0.3 is 5.97 Å². The minimum absolute atomic E-state index is 0.0232. The highest BCUT2D eigenvalue weighted by Gasteiger charge is 2.33. The minimum Gasteiger partial charge on any atom is -0.450 e. The van der Waals surface area contributed by atoms with Crippen molar-refractivity contribution >= 4 is 32.7 Å². The van der Waals surface area contributed by atoms with Crippen LogP contribution >= 0.6 is 0 Å². The van der Waals surface area contributed by atoms with Gasteiger partial charge in [0.2, 0.25) is 5.76 Å². The maximum Gasteiger partial charge on any atom is 0.374 e. The van der Waals surface area contributed by atoms with Crippen molar-refractivity contribution in [2.75, 3.05) is 25.2 Å². The van der Waals surface area contributed by atoms with Gasteiger partial charge in [0, 0.05) is 18.5 Å². The lowest BCUT2D eigenvalue weighted by molar-refractivity contribution is -0.134. The number of esters is 1. The van der Waals surface area contributed by atoms with Gasteiger partial charge in [0.1, 0.15) is 5.58 Å². The predicted octanol–water partition coefficient (Wildman–Crippen LogP) is 1.24. The van der Waals surface area contributed by atoms with E-state index in [1.165, 1.54) is 11.9 Å². The molecule has 1 aliphatic heterocycles. The summed E-state index contributed by atoms with van der Waals surface area (Å²) in [6.45, 7) is -0.455. The number of furan rings is 1. The molecule has 0 unspecified atom stereocenters. The number of ether oxygens (including phenoxy) is 1. The number of amides is 1. The zero-order valence-corrected chi connectivity index (χ0v) is 13.9. The van der Waals surface area contributed by atoms with Gasteiger partial charge in [0.25, 0.3) is 5.91 Å². The number of carbonyl (C=O) groups is 2. The lowest BCUT2D eigenvalue weighted by atomic mass is 10.2. The summed E-state index contributed by atoms with van der Waals surface area (Å²) < 4.78 is 33.3. The second-order valence-corrected chi connectivity index (χ2v) is 8.01. The van der Waals surface area contributed by atoms with Crippen LogP contribution in [0.25, 0.3) is 11.0 Å². The number of rotatable bonds is 4. The first-order chi connectivity index (χ1) is 11.4. The number of hydrogen-bond donors (Lipinski definition) is 0. The van der Waals surface area contributed by atoms with Gasteiger partial charge in [-0.2, -0.15) is 0 Å². The van der Waals surface area contributed by atoms with E-state index in [1.54, 1.807) is 24.3 Å². The van der Waals surface area contributed by atoms with Gasteiger partial charge in [-0.1, -0.05) is 18.2 Å². The molecule has 1 atom stereocenters. The molecular formula is C16H17NO6S.